The summed E-state index contributed by atoms with van der Waals surface area (Å²) in [6.07, 6.45) is 0.0480. The highest BCUT2D eigenvalue weighted by atomic mass is 16.4. The summed E-state index contributed by atoms with van der Waals surface area (Å²) in [7, 11) is 0. The van der Waals surface area contributed by atoms with Gasteiger partial charge in [-0.1, -0.05) is 0 Å². The monoisotopic (exact) mass is 185 g/mol. The molecule has 0 aromatic rings. The topological polar surface area (TPSA) is 77.8 Å². The predicted octanol–water partition coefficient (Wildman–Crippen LogP) is -1.09. The van der Waals surface area contributed by atoms with Gasteiger partial charge in [-0.05, 0) is 6.42 Å². The van der Waals surface area contributed by atoms with Crippen molar-refractivity contribution >= 4 is 11.9 Å². The maximum atomic E-state index is 11.4. The van der Waals surface area contributed by atoms with E-state index in [9.17, 15) is 9.59 Å². The van der Waals surface area contributed by atoms with Crippen LogP contribution in [0.3, 0.4) is 0 Å². The fourth-order valence-corrected chi connectivity index (χ4v) is 1.61. The molecule has 0 bridgehead atoms. The fourth-order valence-electron chi connectivity index (χ4n) is 1.61. The zero-order valence-corrected chi connectivity index (χ0v) is 7.01. The molecule has 2 fully saturated rings. The Morgan fingerprint density at radius 1 is 1.23 bits per heavy atom. The van der Waals surface area contributed by atoms with Gasteiger partial charge in [0.15, 0.2) is 0 Å². The maximum absolute atomic E-state index is 11.4. The van der Waals surface area contributed by atoms with Gasteiger partial charge in [0.2, 0.25) is 5.91 Å². The van der Waals surface area contributed by atoms with Gasteiger partial charge in [0, 0.05) is 13.1 Å². The van der Waals surface area contributed by atoms with Gasteiger partial charge in [0.1, 0.15) is 0 Å². The smallest absolute Gasteiger partial charge is 0.307 e. The Morgan fingerprint density at radius 3 is 2.23 bits per heavy atom. The van der Waals surface area contributed by atoms with Crippen LogP contribution < -0.4 is 0 Å². The predicted molar refractivity (Wildman–Crippen MR) is 41.8 cm³/mol. The molecule has 13 heavy (non-hydrogen) atoms. The number of carbonyl (C=O) groups is 2. The van der Waals surface area contributed by atoms with Gasteiger partial charge in [-0.25, -0.2) is 0 Å². The van der Waals surface area contributed by atoms with Gasteiger partial charge in [-0.2, -0.15) is 0 Å². The lowest BCUT2D eigenvalue weighted by Crippen LogP contribution is -2.54. The largest absolute Gasteiger partial charge is 0.481 e. The van der Waals surface area contributed by atoms with Crippen molar-refractivity contribution in [1.82, 2.24) is 4.90 Å². The third-order valence-electron chi connectivity index (χ3n) is 2.60. The van der Waals surface area contributed by atoms with Crippen LogP contribution in [0.2, 0.25) is 0 Å². The number of likely N-dealkylation sites (tertiary alicyclic amines) is 1. The lowest BCUT2D eigenvalue weighted by molar-refractivity contribution is -0.146. The highest BCUT2D eigenvalue weighted by molar-refractivity contribution is 5.89. The second-order valence-corrected chi connectivity index (χ2v) is 3.68. The molecule has 1 amide bonds. The van der Waals surface area contributed by atoms with Gasteiger partial charge < -0.3 is 15.1 Å². The van der Waals surface area contributed by atoms with Crippen LogP contribution in [0.4, 0.5) is 0 Å². The van der Waals surface area contributed by atoms with E-state index in [1.165, 1.54) is 4.90 Å². The first-order valence-electron chi connectivity index (χ1n) is 4.29. The van der Waals surface area contributed by atoms with Gasteiger partial charge in [0.25, 0.3) is 0 Å². The molecule has 1 saturated heterocycles. The number of carbonyl (C=O) groups excluding carboxylic acids is 1. The van der Waals surface area contributed by atoms with Crippen molar-refractivity contribution in [3.8, 4) is 0 Å². The normalized spacial score (nSPS) is 32.5. The van der Waals surface area contributed by atoms with Gasteiger partial charge in [-0.15, -0.1) is 0 Å². The lowest BCUT2D eigenvalue weighted by atomic mass is 10.1. The van der Waals surface area contributed by atoms with Crippen LogP contribution in [0, 0.1) is 11.8 Å². The van der Waals surface area contributed by atoms with E-state index in [2.05, 4.69) is 0 Å². The van der Waals surface area contributed by atoms with Crippen molar-refractivity contribution < 1.29 is 19.8 Å². The van der Waals surface area contributed by atoms with Crippen molar-refractivity contribution in [3.63, 3.8) is 0 Å². The number of aliphatic carboxylic acids is 1. The van der Waals surface area contributed by atoms with Crippen molar-refractivity contribution in [1.29, 1.82) is 0 Å². The molecule has 1 heterocycles. The zero-order valence-electron chi connectivity index (χ0n) is 7.01. The minimum Gasteiger partial charge on any atom is -0.481 e. The Morgan fingerprint density at radius 2 is 1.85 bits per heavy atom. The third-order valence-corrected chi connectivity index (χ3v) is 2.60. The Kier molecular flexibility index (Phi) is 1.76. The van der Waals surface area contributed by atoms with Crippen molar-refractivity contribution in [3.05, 3.63) is 0 Å². The molecule has 72 valence electrons. The molecule has 1 aliphatic carbocycles. The van der Waals surface area contributed by atoms with Crippen LogP contribution in [0.5, 0.6) is 0 Å². The van der Waals surface area contributed by atoms with Crippen LogP contribution in [-0.4, -0.2) is 46.2 Å². The maximum Gasteiger partial charge on any atom is 0.307 e. The first-order chi connectivity index (χ1) is 6.09. The molecule has 2 rings (SSSR count). The zero-order chi connectivity index (χ0) is 9.59. The number of aliphatic hydroxyl groups is 1. The number of amides is 1. The van der Waals surface area contributed by atoms with E-state index in [0.29, 0.717) is 19.5 Å². The summed E-state index contributed by atoms with van der Waals surface area (Å²) >= 11 is 0. The minimum atomic E-state index is -0.889. The molecule has 1 saturated carbocycles. The van der Waals surface area contributed by atoms with Gasteiger partial charge in [-0.3, -0.25) is 9.59 Å². The molecule has 0 aromatic carbocycles. The molecule has 0 unspecified atom stereocenters. The van der Waals surface area contributed by atoms with Crippen molar-refractivity contribution in [2.45, 2.75) is 12.5 Å². The molecule has 2 N–H and O–H groups in total. The van der Waals surface area contributed by atoms with E-state index in [0.717, 1.165) is 0 Å². The molecule has 2 aliphatic rings. The number of rotatable bonds is 2. The summed E-state index contributed by atoms with van der Waals surface area (Å²) in [5.41, 5.74) is 0. The third kappa shape index (κ3) is 1.39. The van der Waals surface area contributed by atoms with Crippen LogP contribution >= 0.6 is 0 Å². The molecule has 5 heteroatoms. The first kappa shape index (κ1) is 8.50. The van der Waals surface area contributed by atoms with Gasteiger partial charge >= 0.3 is 5.97 Å². The molecule has 0 spiro atoms. The summed E-state index contributed by atoms with van der Waals surface area (Å²) in [4.78, 5) is 23.4. The molecular weight excluding hydrogens is 174 g/mol. The fraction of sp³-hybridized carbons (Fsp3) is 0.750. The van der Waals surface area contributed by atoms with Gasteiger partial charge in [0.05, 0.1) is 17.9 Å². The van der Waals surface area contributed by atoms with E-state index in [1.54, 1.807) is 0 Å². The number of hydrogen-bond donors (Lipinski definition) is 2. The van der Waals surface area contributed by atoms with E-state index >= 15 is 0 Å². The number of nitrogens with zero attached hydrogens (tertiary/aromatic N) is 1. The van der Waals surface area contributed by atoms with Crippen LogP contribution in [0.25, 0.3) is 0 Å². The lowest BCUT2D eigenvalue weighted by Gasteiger charge is -2.36. The molecule has 0 radical (unpaired) electrons. The summed E-state index contributed by atoms with van der Waals surface area (Å²) in [5, 5.41) is 17.5. The van der Waals surface area contributed by atoms with Crippen LogP contribution in [0.1, 0.15) is 6.42 Å². The number of β-amino-alcohol motifs (C(OH)–C–C–N with tert-alkyl or cyclic N) is 1. The number of hydrogen-bond acceptors (Lipinski definition) is 3. The average Bonchev–Trinajstić information content (AvgIpc) is 2.76. The molecule has 1 aliphatic heterocycles. The second-order valence-electron chi connectivity index (χ2n) is 3.68. The summed E-state index contributed by atoms with van der Waals surface area (Å²) in [5.74, 6) is -1.81. The molecular formula is C8H11NO4. The van der Waals surface area contributed by atoms with Crippen LogP contribution in [-0.2, 0) is 9.59 Å². The average molecular weight is 185 g/mol. The Hall–Kier alpha value is -1.10. The van der Waals surface area contributed by atoms with E-state index in [1.807, 2.05) is 0 Å². The highest BCUT2D eigenvalue weighted by Gasteiger charge is 2.51. The number of aliphatic hydroxyl groups excluding tert-OH is 1. The summed E-state index contributed by atoms with van der Waals surface area (Å²) in [6.45, 7) is 0.726. The van der Waals surface area contributed by atoms with Crippen molar-refractivity contribution in [2.24, 2.45) is 11.8 Å². The second kappa shape index (κ2) is 2.70. The van der Waals surface area contributed by atoms with Crippen molar-refractivity contribution in [2.75, 3.05) is 13.1 Å². The summed E-state index contributed by atoms with van der Waals surface area (Å²) < 4.78 is 0. The SMILES string of the molecule is O=C(O)[C@H]1C[C@H]1C(=O)N1CC(O)C1. The Balaban J connectivity index is 1.84. The molecule has 5 nitrogen and oxygen atoms in total. The standard InChI is InChI=1S/C8H11NO4/c10-4-2-9(3-4)7(11)5-1-6(5)8(12)13/h4-6,10H,1-3H2,(H,12,13)/t5-,6+/m1/s1. The Bertz CT molecular complexity index is 259. The van der Waals surface area contributed by atoms with E-state index in [-0.39, 0.29) is 11.8 Å². The number of carboxylic acid groups (broad SMARTS) is 1. The van der Waals surface area contributed by atoms with E-state index in [4.69, 9.17) is 10.2 Å². The quantitative estimate of drug-likeness (QED) is 0.573. The number of carboxylic acids is 1. The van der Waals surface area contributed by atoms with Crippen LogP contribution in [0.15, 0.2) is 0 Å². The highest BCUT2D eigenvalue weighted by Crippen LogP contribution is 2.40. The molecule has 2 atom stereocenters. The minimum absolute atomic E-state index is 0.113. The molecule has 0 aromatic heterocycles. The Labute approximate surface area is 75.0 Å². The first-order valence-corrected chi connectivity index (χ1v) is 4.29. The summed E-state index contributed by atoms with van der Waals surface area (Å²) in [6, 6.07) is 0. The van der Waals surface area contributed by atoms with E-state index < -0.39 is 18.0 Å².